The van der Waals surface area contributed by atoms with E-state index in [0.29, 0.717) is 12.1 Å². The normalized spacial score (nSPS) is 14.3. The quantitative estimate of drug-likeness (QED) is 0.662. The van der Waals surface area contributed by atoms with Crippen LogP contribution in [0.2, 0.25) is 0 Å². The summed E-state index contributed by atoms with van der Waals surface area (Å²) >= 11 is 0. The molecule has 7 nitrogen and oxygen atoms in total. The van der Waals surface area contributed by atoms with Crippen LogP contribution in [0.5, 0.6) is 0 Å². The smallest absolute Gasteiger partial charge is 0.239 e. The van der Waals surface area contributed by atoms with Crippen molar-refractivity contribution in [2.45, 2.75) is 65.3 Å². The lowest BCUT2D eigenvalue weighted by Gasteiger charge is -2.12. The van der Waals surface area contributed by atoms with Gasteiger partial charge in [0.25, 0.3) is 0 Å². The second kappa shape index (κ2) is 9.52. The average molecular weight is 419 g/mol. The van der Waals surface area contributed by atoms with Crippen molar-refractivity contribution < 1.29 is 13.2 Å². The first-order valence-corrected chi connectivity index (χ1v) is 12.2. The van der Waals surface area contributed by atoms with Gasteiger partial charge in [-0.05, 0) is 37.8 Å². The lowest BCUT2D eigenvalue weighted by molar-refractivity contribution is -0.113. The molecule has 1 aromatic heterocycles. The van der Waals surface area contributed by atoms with Crippen LogP contribution in [0.15, 0.2) is 18.2 Å². The fourth-order valence-corrected chi connectivity index (χ4v) is 4.88. The molecule has 0 aliphatic carbocycles. The SMILES string of the molecule is CCCCCS(=O)(=O)CC(=O)Nc1cc(-c2nnc3n2CCCCC3)ccc1C. The van der Waals surface area contributed by atoms with Gasteiger partial charge in [0.1, 0.15) is 11.6 Å². The molecule has 0 bridgehead atoms. The van der Waals surface area contributed by atoms with Gasteiger partial charge in [-0.3, -0.25) is 4.79 Å². The van der Waals surface area contributed by atoms with E-state index in [2.05, 4.69) is 20.1 Å². The van der Waals surface area contributed by atoms with Gasteiger partial charge in [0.2, 0.25) is 5.91 Å². The summed E-state index contributed by atoms with van der Waals surface area (Å²) in [5.41, 5.74) is 2.36. The molecule has 0 spiro atoms. The van der Waals surface area contributed by atoms with E-state index in [1.165, 1.54) is 6.42 Å². The van der Waals surface area contributed by atoms with Crippen LogP contribution in [0.3, 0.4) is 0 Å². The Bertz CT molecular complexity index is 966. The second-order valence-electron chi connectivity index (χ2n) is 7.78. The number of aromatic nitrogens is 3. The highest BCUT2D eigenvalue weighted by molar-refractivity contribution is 7.92. The number of benzene rings is 1. The maximum atomic E-state index is 12.4. The molecule has 1 N–H and O–H groups in total. The highest BCUT2D eigenvalue weighted by Gasteiger charge is 2.19. The summed E-state index contributed by atoms with van der Waals surface area (Å²) in [5.74, 6) is 0.869. The van der Waals surface area contributed by atoms with Crippen LogP contribution in [-0.2, 0) is 27.6 Å². The average Bonchev–Trinajstić information content (AvgIpc) is 2.91. The summed E-state index contributed by atoms with van der Waals surface area (Å²) in [6.45, 7) is 4.80. The molecular formula is C21H30N4O3S. The van der Waals surface area contributed by atoms with Crippen molar-refractivity contribution in [3.05, 3.63) is 29.6 Å². The third kappa shape index (κ3) is 5.65. The van der Waals surface area contributed by atoms with Crippen LogP contribution in [0, 0.1) is 6.92 Å². The molecule has 8 heteroatoms. The Labute approximate surface area is 172 Å². The standard InChI is InChI=1S/C21H30N4O3S/c1-3-4-8-13-29(27,28)15-20(26)22-18-14-17(11-10-16(18)2)21-24-23-19-9-6-5-7-12-25(19)21/h10-11,14H,3-9,12-13,15H2,1-2H3,(H,22,26). The molecular weight excluding hydrogens is 388 g/mol. The Morgan fingerprint density at radius 1 is 1.17 bits per heavy atom. The molecule has 2 heterocycles. The summed E-state index contributed by atoms with van der Waals surface area (Å²) in [6, 6.07) is 5.74. The van der Waals surface area contributed by atoms with Gasteiger partial charge in [-0.2, -0.15) is 0 Å². The number of hydrogen-bond acceptors (Lipinski definition) is 5. The van der Waals surface area contributed by atoms with E-state index < -0.39 is 21.5 Å². The molecule has 1 aromatic carbocycles. The number of nitrogens with zero attached hydrogens (tertiary/aromatic N) is 3. The number of rotatable bonds is 8. The number of anilines is 1. The Morgan fingerprint density at radius 3 is 2.79 bits per heavy atom. The van der Waals surface area contributed by atoms with Gasteiger partial charge in [0, 0.05) is 24.2 Å². The minimum absolute atomic E-state index is 0.0547. The van der Waals surface area contributed by atoms with Gasteiger partial charge in [-0.25, -0.2) is 8.42 Å². The largest absolute Gasteiger partial charge is 0.325 e. The van der Waals surface area contributed by atoms with Gasteiger partial charge < -0.3 is 9.88 Å². The summed E-state index contributed by atoms with van der Waals surface area (Å²) in [4.78, 5) is 12.4. The fourth-order valence-electron chi connectivity index (χ4n) is 3.62. The number of carbonyl (C=O) groups excluding carboxylic acids is 1. The number of aryl methyl sites for hydroxylation is 2. The van der Waals surface area contributed by atoms with Gasteiger partial charge in [-0.15, -0.1) is 10.2 Å². The Morgan fingerprint density at radius 2 is 2.00 bits per heavy atom. The van der Waals surface area contributed by atoms with E-state index in [4.69, 9.17) is 0 Å². The first kappa shape index (κ1) is 21.5. The van der Waals surface area contributed by atoms with Crippen molar-refractivity contribution >= 4 is 21.4 Å². The fraction of sp³-hybridized carbons (Fsp3) is 0.571. The molecule has 1 amide bonds. The van der Waals surface area contributed by atoms with Crippen LogP contribution in [0.1, 0.15) is 56.8 Å². The van der Waals surface area contributed by atoms with Crippen molar-refractivity contribution in [1.29, 1.82) is 0 Å². The zero-order valence-corrected chi connectivity index (χ0v) is 18.1. The van der Waals surface area contributed by atoms with Crippen LogP contribution in [-0.4, -0.2) is 40.6 Å². The third-order valence-electron chi connectivity index (χ3n) is 5.29. The molecule has 0 radical (unpaired) electrons. The first-order valence-electron chi connectivity index (χ1n) is 10.4. The number of fused-ring (bicyclic) bond motifs is 1. The molecule has 3 rings (SSSR count). The van der Waals surface area contributed by atoms with Crippen LogP contribution >= 0.6 is 0 Å². The van der Waals surface area contributed by atoms with E-state index >= 15 is 0 Å². The number of amides is 1. The maximum Gasteiger partial charge on any atom is 0.239 e. The van der Waals surface area contributed by atoms with Crippen molar-refractivity contribution in [2.24, 2.45) is 0 Å². The van der Waals surface area contributed by atoms with E-state index in [9.17, 15) is 13.2 Å². The van der Waals surface area contributed by atoms with Crippen molar-refractivity contribution in [2.75, 3.05) is 16.8 Å². The minimum Gasteiger partial charge on any atom is -0.325 e. The Kier molecular flexibility index (Phi) is 7.05. The number of unbranched alkanes of at least 4 members (excludes halogenated alkanes) is 2. The molecule has 1 aliphatic rings. The van der Waals surface area contributed by atoms with Crippen molar-refractivity contribution in [3.8, 4) is 11.4 Å². The molecule has 0 atom stereocenters. The molecule has 0 saturated heterocycles. The molecule has 0 saturated carbocycles. The highest BCUT2D eigenvalue weighted by atomic mass is 32.2. The van der Waals surface area contributed by atoms with Gasteiger partial charge in [0.05, 0.1) is 5.75 Å². The van der Waals surface area contributed by atoms with E-state index in [-0.39, 0.29) is 5.75 Å². The lowest BCUT2D eigenvalue weighted by Crippen LogP contribution is -2.25. The summed E-state index contributed by atoms with van der Waals surface area (Å²) < 4.78 is 26.5. The van der Waals surface area contributed by atoms with Crippen LogP contribution < -0.4 is 5.32 Å². The monoisotopic (exact) mass is 418 g/mol. The molecule has 158 valence electrons. The topological polar surface area (TPSA) is 93.9 Å². The predicted octanol–water partition coefficient (Wildman–Crippen LogP) is 3.52. The number of sulfone groups is 1. The molecule has 0 unspecified atom stereocenters. The van der Waals surface area contributed by atoms with Crippen molar-refractivity contribution in [1.82, 2.24) is 14.8 Å². The first-order chi connectivity index (χ1) is 13.9. The van der Waals surface area contributed by atoms with E-state index in [1.54, 1.807) is 0 Å². The molecule has 0 fully saturated rings. The zero-order valence-electron chi connectivity index (χ0n) is 17.3. The number of carbonyl (C=O) groups is 1. The lowest BCUT2D eigenvalue weighted by atomic mass is 10.1. The van der Waals surface area contributed by atoms with E-state index in [0.717, 1.165) is 61.4 Å². The van der Waals surface area contributed by atoms with Gasteiger partial charge >= 0.3 is 0 Å². The van der Waals surface area contributed by atoms with Crippen LogP contribution in [0.4, 0.5) is 5.69 Å². The van der Waals surface area contributed by atoms with Gasteiger partial charge in [-0.1, -0.05) is 38.3 Å². The summed E-state index contributed by atoms with van der Waals surface area (Å²) in [7, 11) is -3.39. The van der Waals surface area contributed by atoms with E-state index in [1.807, 2.05) is 32.0 Å². The molecule has 2 aromatic rings. The summed E-state index contributed by atoms with van der Waals surface area (Å²) in [6.07, 6.45) is 6.73. The number of hydrogen-bond donors (Lipinski definition) is 1. The highest BCUT2D eigenvalue weighted by Crippen LogP contribution is 2.27. The minimum atomic E-state index is -3.39. The molecule has 29 heavy (non-hydrogen) atoms. The Hall–Kier alpha value is -2.22. The second-order valence-corrected chi connectivity index (χ2v) is 9.96. The van der Waals surface area contributed by atoms with Crippen molar-refractivity contribution in [3.63, 3.8) is 0 Å². The maximum absolute atomic E-state index is 12.4. The Balaban J connectivity index is 1.75. The van der Waals surface area contributed by atoms with Gasteiger partial charge in [0.15, 0.2) is 15.7 Å². The molecule has 1 aliphatic heterocycles. The van der Waals surface area contributed by atoms with Crippen LogP contribution in [0.25, 0.3) is 11.4 Å². The number of nitrogens with one attached hydrogen (secondary N) is 1. The summed E-state index contributed by atoms with van der Waals surface area (Å²) in [5, 5.41) is 11.5. The predicted molar refractivity (Wildman–Crippen MR) is 115 cm³/mol. The zero-order chi connectivity index (χ0) is 20.9. The third-order valence-corrected chi connectivity index (χ3v) is 6.90.